The van der Waals surface area contributed by atoms with E-state index in [4.69, 9.17) is 0 Å². The molecule has 1 heterocycles. The van der Waals surface area contributed by atoms with Crippen molar-refractivity contribution in [1.82, 2.24) is 16.0 Å². The van der Waals surface area contributed by atoms with Gasteiger partial charge < -0.3 is 0 Å². The second-order valence-corrected chi connectivity index (χ2v) is 5.72. The van der Waals surface area contributed by atoms with E-state index in [1.807, 2.05) is 0 Å². The molecule has 3 N–H and O–H groups in total. The molecule has 1 saturated heterocycles. The molecule has 0 aromatic rings. The molecule has 0 amide bonds. The van der Waals surface area contributed by atoms with Gasteiger partial charge >= 0.3 is 0 Å². The van der Waals surface area contributed by atoms with Crippen molar-refractivity contribution >= 4 is 0 Å². The Balaban J connectivity index is 1.70. The maximum absolute atomic E-state index is 3.60. The predicted molar refractivity (Wildman–Crippen MR) is 72.8 cm³/mol. The summed E-state index contributed by atoms with van der Waals surface area (Å²) in [4.78, 5) is 0. The van der Waals surface area contributed by atoms with Crippen LogP contribution in [0, 0.1) is 11.8 Å². The first kappa shape index (κ1) is 13.3. The zero-order chi connectivity index (χ0) is 11.9. The molecule has 0 radical (unpaired) electrons. The summed E-state index contributed by atoms with van der Waals surface area (Å²) in [6.07, 6.45) is 10.3. The quantitative estimate of drug-likeness (QED) is 0.657. The molecule has 0 unspecified atom stereocenters. The first-order chi connectivity index (χ1) is 8.40. The van der Waals surface area contributed by atoms with Crippen LogP contribution in [0.4, 0.5) is 0 Å². The lowest BCUT2D eigenvalue weighted by Gasteiger charge is -2.35. The van der Waals surface area contributed by atoms with Crippen LogP contribution in [0.2, 0.25) is 0 Å². The van der Waals surface area contributed by atoms with Gasteiger partial charge in [0.05, 0.1) is 0 Å². The average molecular weight is 239 g/mol. The Hall–Kier alpha value is -0.120. The minimum Gasteiger partial charge on any atom is -0.290 e. The molecule has 0 aromatic carbocycles. The van der Waals surface area contributed by atoms with Crippen molar-refractivity contribution in [3.63, 3.8) is 0 Å². The van der Waals surface area contributed by atoms with Crippen molar-refractivity contribution in [3.05, 3.63) is 0 Å². The Morgan fingerprint density at radius 3 is 2.18 bits per heavy atom. The highest BCUT2D eigenvalue weighted by Gasteiger charge is 2.26. The second kappa shape index (κ2) is 7.34. The van der Waals surface area contributed by atoms with Gasteiger partial charge in [-0.15, -0.1) is 0 Å². The third-order valence-corrected chi connectivity index (χ3v) is 4.33. The topological polar surface area (TPSA) is 36.1 Å². The van der Waals surface area contributed by atoms with E-state index in [1.54, 1.807) is 0 Å². The lowest BCUT2D eigenvalue weighted by molar-refractivity contribution is 0.192. The van der Waals surface area contributed by atoms with Crippen molar-refractivity contribution < 1.29 is 0 Å². The molecule has 1 aliphatic heterocycles. The molecular formula is C14H29N3. The van der Waals surface area contributed by atoms with Gasteiger partial charge in [0, 0.05) is 13.1 Å². The average Bonchev–Trinajstić information content (AvgIpc) is 2.66. The highest BCUT2D eigenvalue weighted by molar-refractivity contribution is 4.82. The van der Waals surface area contributed by atoms with Gasteiger partial charge in [-0.3, -0.25) is 16.0 Å². The molecule has 17 heavy (non-hydrogen) atoms. The molecule has 2 aliphatic rings. The Kier molecular flexibility index (Phi) is 5.75. The van der Waals surface area contributed by atoms with Gasteiger partial charge in [-0.1, -0.05) is 45.4 Å². The third kappa shape index (κ3) is 4.23. The number of hydrogen-bond donors (Lipinski definition) is 3. The van der Waals surface area contributed by atoms with E-state index >= 15 is 0 Å². The van der Waals surface area contributed by atoms with Crippen LogP contribution in [-0.2, 0) is 0 Å². The standard InChI is InChI=1S/C14H29N3/c1-2-9-15-14-16-10-13(11-17-14)12-7-5-3-4-6-8-12/h12-17H,2-11H2,1H3. The lowest BCUT2D eigenvalue weighted by atomic mass is 9.85. The first-order valence-electron chi connectivity index (χ1n) is 7.60. The molecule has 0 atom stereocenters. The van der Waals surface area contributed by atoms with Crippen LogP contribution in [0.25, 0.3) is 0 Å². The largest absolute Gasteiger partial charge is 0.290 e. The Morgan fingerprint density at radius 2 is 1.59 bits per heavy atom. The monoisotopic (exact) mass is 239 g/mol. The third-order valence-electron chi connectivity index (χ3n) is 4.33. The lowest BCUT2D eigenvalue weighted by Crippen LogP contribution is -2.60. The highest BCUT2D eigenvalue weighted by Crippen LogP contribution is 2.29. The van der Waals surface area contributed by atoms with Crippen LogP contribution in [0.3, 0.4) is 0 Å². The summed E-state index contributed by atoms with van der Waals surface area (Å²) in [5.41, 5.74) is 0. The fraction of sp³-hybridized carbons (Fsp3) is 1.00. The minimum absolute atomic E-state index is 0.344. The number of rotatable bonds is 4. The van der Waals surface area contributed by atoms with Crippen molar-refractivity contribution in [2.75, 3.05) is 19.6 Å². The fourth-order valence-electron chi connectivity index (χ4n) is 3.23. The van der Waals surface area contributed by atoms with Crippen LogP contribution in [0.15, 0.2) is 0 Å². The molecule has 3 heteroatoms. The molecule has 0 spiro atoms. The van der Waals surface area contributed by atoms with E-state index in [0.717, 1.165) is 18.4 Å². The SMILES string of the molecule is CCCNC1NCC(C2CCCCCC2)CN1. The van der Waals surface area contributed by atoms with Crippen molar-refractivity contribution in [2.24, 2.45) is 11.8 Å². The molecular weight excluding hydrogens is 210 g/mol. The summed E-state index contributed by atoms with van der Waals surface area (Å²) in [5.74, 6) is 1.82. The molecule has 2 fully saturated rings. The van der Waals surface area contributed by atoms with Crippen molar-refractivity contribution in [2.45, 2.75) is 58.2 Å². The van der Waals surface area contributed by atoms with Gasteiger partial charge in [0.2, 0.25) is 0 Å². The number of nitrogens with one attached hydrogen (secondary N) is 3. The van der Waals surface area contributed by atoms with Crippen LogP contribution in [-0.4, -0.2) is 25.9 Å². The zero-order valence-electron chi connectivity index (χ0n) is 11.3. The van der Waals surface area contributed by atoms with Gasteiger partial charge in [0.1, 0.15) is 6.29 Å². The summed E-state index contributed by atoms with van der Waals surface area (Å²) in [7, 11) is 0. The molecule has 100 valence electrons. The fourth-order valence-corrected chi connectivity index (χ4v) is 3.23. The van der Waals surface area contributed by atoms with E-state index in [0.29, 0.717) is 6.29 Å². The van der Waals surface area contributed by atoms with E-state index in [9.17, 15) is 0 Å². The molecule has 0 aromatic heterocycles. The summed E-state index contributed by atoms with van der Waals surface area (Å²) in [6.45, 7) is 5.70. The summed E-state index contributed by atoms with van der Waals surface area (Å²) >= 11 is 0. The normalized spacial score (nSPS) is 32.3. The Bertz CT molecular complexity index is 192. The maximum atomic E-state index is 3.60. The maximum Gasteiger partial charge on any atom is 0.111 e. The van der Waals surface area contributed by atoms with Crippen molar-refractivity contribution in [3.8, 4) is 0 Å². The summed E-state index contributed by atoms with van der Waals surface area (Å²) in [6, 6.07) is 0. The van der Waals surface area contributed by atoms with E-state index < -0.39 is 0 Å². The molecule has 2 rings (SSSR count). The van der Waals surface area contributed by atoms with E-state index in [-0.39, 0.29) is 0 Å². The van der Waals surface area contributed by atoms with Gasteiger partial charge in [0.15, 0.2) is 0 Å². The number of hydrogen-bond acceptors (Lipinski definition) is 3. The van der Waals surface area contributed by atoms with Gasteiger partial charge in [0.25, 0.3) is 0 Å². The zero-order valence-corrected chi connectivity index (χ0v) is 11.3. The van der Waals surface area contributed by atoms with E-state index in [2.05, 4.69) is 22.9 Å². The molecule has 1 saturated carbocycles. The Morgan fingerprint density at radius 1 is 0.941 bits per heavy atom. The van der Waals surface area contributed by atoms with Crippen LogP contribution in [0.1, 0.15) is 51.9 Å². The smallest absolute Gasteiger partial charge is 0.111 e. The van der Waals surface area contributed by atoms with Crippen molar-refractivity contribution in [1.29, 1.82) is 0 Å². The van der Waals surface area contributed by atoms with Gasteiger partial charge in [-0.25, -0.2) is 0 Å². The van der Waals surface area contributed by atoms with Crippen LogP contribution >= 0.6 is 0 Å². The van der Waals surface area contributed by atoms with Gasteiger partial charge in [-0.2, -0.15) is 0 Å². The predicted octanol–water partition coefficient (Wildman–Crippen LogP) is 2.05. The highest BCUT2D eigenvalue weighted by atomic mass is 15.3. The summed E-state index contributed by atoms with van der Waals surface area (Å²) in [5, 5.41) is 10.7. The Labute approximate surface area is 106 Å². The second-order valence-electron chi connectivity index (χ2n) is 5.72. The molecule has 1 aliphatic carbocycles. The van der Waals surface area contributed by atoms with Gasteiger partial charge in [-0.05, 0) is 24.8 Å². The minimum atomic E-state index is 0.344. The van der Waals surface area contributed by atoms with Crippen LogP contribution in [0.5, 0.6) is 0 Å². The summed E-state index contributed by atoms with van der Waals surface area (Å²) < 4.78 is 0. The molecule has 0 bridgehead atoms. The first-order valence-corrected chi connectivity index (χ1v) is 7.60. The van der Waals surface area contributed by atoms with Crippen LogP contribution < -0.4 is 16.0 Å². The van der Waals surface area contributed by atoms with E-state index in [1.165, 1.54) is 58.0 Å². The molecule has 3 nitrogen and oxygen atoms in total.